The van der Waals surface area contributed by atoms with Gasteiger partial charge in [0.15, 0.2) is 0 Å². The molecule has 0 unspecified atom stereocenters. The molecule has 3 nitrogen and oxygen atoms in total. The molecule has 0 saturated heterocycles. The molecule has 0 aliphatic rings. The highest BCUT2D eigenvalue weighted by Crippen LogP contribution is 2.10. The fourth-order valence-corrected chi connectivity index (χ4v) is 1.59. The van der Waals surface area contributed by atoms with Gasteiger partial charge in [-0.3, -0.25) is 0 Å². The molecule has 1 aromatic heterocycles. The van der Waals surface area contributed by atoms with E-state index in [1.54, 1.807) is 6.20 Å². The lowest BCUT2D eigenvalue weighted by Gasteiger charge is -2.17. The fourth-order valence-electron chi connectivity index (χ4n) is 1.47. The number of aromatic nitrogens is 1. The Balaban J connectivity index is 2.56. The third-order valence-corrected chi connectivity index (χ3v) is 2.76. The number of hydrogen-bond acceptors (Lipinski definition) is 3. The summed E-state index contributed by atoms with van der Waals surface area (Å²) in [5, 5.41) is 0. The van der Waals surface area contributed by atoms with Crippen LogP contribution in [0.2, 0.25) is 0 Å². The molecule has 1 rings (SSSR count). The fraction of sp³-hybridized carbons (Fsp3) is 0.500. The summed E-state index contributed by atoms with van der Waals surface area (Å²) in [6.07, 6.45) is 5.43. The van der Waals surface area contributed by atoms with E-state index in [0.717, 1.165) is 17.9 Å². The van der Waals surface area contributed by atoms with Crippen molar-refractivity contribution in [2.45, 2.75) is 26.2 Å². The Bertz CT molecular complexity index is 335. The molecule has 2 N–H and O–H groups in total. The van der Waals surface area contributed by atoms with E-state index in [0.29, 0.717) is 4.99 Å². The summed E-state index contributed by atoms with van der Waals surface area (Å²) < 4.78 is 0. The zero-order chi connectivity index (χ0) is 12.0. The average molecular weight is 237 g/mol. The van der Waals surface area contributed by atoms with Gasteiger partial charge < -0.3 is 10.6 Å². The molecule has 0 amide bonds. The maximum atomic E-state index is 5.52. The average Bonchev–Trinajstić information content (AvgIpc) is 2.29. The minimum Gasteiger partial charge on any atom is -0.389 e. The van der Waals surface area contributed by atoms with Gasteiger partial charge in [-0.05, 0) is 18.6 Å². The van der Waals surface area contributed by atoms with Gasteiger partial charge >= 0.3 is 0 Å². The van der Waals surface area contributed by atoms with Crippen molar-refractivity contribution in [2.75, 3.05) is 18.5 Å². The largest absolute Gasteiger partial charge is 0.389 e. The van der Waals surface area contributed by atoms with Gasteiger partial charge in [-0.2, -0.15) is 0 Å². The molecule has 0 aromatic carbocycles. The molecule has 4 heteroatoms. The molecule has 0 bridgehead atoms. The summed E-state index contributed by atoms with van der Waals surface area (Å²) in [5.74, 6) is 0.969. The maximum Gasteiger partial charge on any atom is 0.128 e. The van der Waals surface area contributed by atoms with Crippen LogP contribution in [-0.2, 0) is 0 Å². The van der Waals surface area contributed by atoms with E-state index in [4.69, 9.17) is 18.0 Å². The van der Waals surface area contributed by atoms with Crippen molar-refractivity contribution in [1.82, 2.24) is 4.98 Å². The van der Waals surface area contributed by atoms with Crippen LogP contribution in [0.15, 0.2) is 18.3 Å². The lowest BCUT2D eigenvalue weighted by molar-refractivity contribution is 0.701. The molecule has 1 aromatic rings. The van der Waals surface area contributed by atoms with Crippen LogP contribution in [0.5, 0.6) is 0 Å². The first-order valence-electron chi connectivity index (χ1n) is 5.62. The van der Waals surface area contributed by atoms with Crippen molar-refractivity contribution in [2.24, 2.45) is 5.73 Å². The number of nitrogens with zero attached hydrogens (tertiary/aromatic N) is 2. The lowest BCUT2D eigenvalue weighted by Crippen LogP contribution is -2.20. The zero-order valence-electron chi connectivity index (χ0n) is 9.94. The first kappa shape index (κ1) is 12.9. The minimum atomic E-state index is 0.396. The van der Waals surface area contributed by atoms with E-state index in [1.165, 1.54) is 19.3 Å². The Labute approximate surface area is 103 Å². The Hall–Kier alpha value is -1.16. The summed E-state index contributed by atoms with van der Waals surface area (Å²) in [6.45, 7) is 3.24. The van der Waals surface area contributed by atoms with Crippen molar-refractivity contribution in [1.29, 1.82) is 0 Å². The quantitative estimate of drug-likeness (QED) is 0.609. The molecule has 0 aliphatic heterocycles. The maximum absolute atomic E-state index is 5.52. The van der Waals surface area contributed by atoms with Gasteiger partial charge in [-0.25, -0.2) is 4.98 Å². The Kier molecular flexibility index (Phi) is 5.19. The first-order valence-corrected chi connectivity index (χ1v) is 6.03. The third-order valence-electron chi connectivity index (χ3n) is 2.52. The van der Waals surface area contributed by atoms with Crippen molar-refractivity contribution in [3.8, 4) is 0 Å². The monoisotopic (exact) mass is 237 g/mol. The Morgan fingerprint density at radius 2 is 2.19 bits per heavy atom. The standard InChI is InChI=1S/C12H19N3S/c1-3-4-5-8-15(2)11-7-6-10(9-14-11)12(13)16/h6-7,9H,3-5,8H2,1-2H3,(H2,13,16). The lowest BCUT2D eigenvalue weighted by atomic mass is 10.2. The van der Waals surface area contributed by atoms with Crippen LogP contribution in [0.3, 0.4) is 0 Å². The number of thiocarbonyl (C=S) groups is 1. The summed E-state index contributed by atoms with van der Waals surface area (Å²) >= 11 is 4.88. The minimum absolute atomic E-state index is 0.396. The predicted octanol–water partition coefficient (Wildman–Crippen LogP) is 2.34. The van der Waals surface area contributed by atoms with Gasteiger partial charge in [0.1, 0.15) is 10.8 Å². The van der Waals surface area contributed by atoms with Crippen molar-refractivity contribution >= 4 is 23.0 Å². The number of unbranched alkanes of at least 4 members (excludes halogenated alkanes) is 2. The Morgan fingerprint density at radius 3 is 2.69 bits per heavy atom. The van der Waals surface area contributed by atoms with Gasteiger partial charge in [0, 0.05) is 25.4 Å². The van der Waals surface area contributed by atoms with E-state index >= 15 is 0 Å². The van der Waals surface area contributed by atoms with E-state index in [1.807, 2.05) is 12.1 Å². The molecule has 1 heterocycles. The molecule has 88 valence electrons. The van der Waals surface area contributed by atoms with Crippen LogP contribution >= 0.6 is 12.2 Å². The Morgan fingerprint density at radius 1 is 1.44 bits per heavy atom. The molecule has 16 heavy (non-hydrogen) atoms. The van der Waals surface area contributed by atoms with Gasteiger partial charge in [-0.1, -0.05) is 32.0 Å². The highest BCUT2D eigenvalue weighted by atomic mass is 32.1. The smallest absolute Gasteiger partial charge is 0.128 e. The molecule has 0 spiro atoms. The number of hydrogen-bond donors (Lipinski definition) is 1. The van der Waals surface area contributed by atoms with E-state index < -0.39 is 0 Å². The molecule has 0 radical (unpaired) electrons. The van der Waals surface area contributed by atoms with Crippen LogP contribution in [-0.4, -0.2) is 23.6 Å². The van der Waals surface area contributed by atoms with Crippen LogP contribution in [0.1, 0.15) is 31.7 Å². The normalized spacial score (nSPS) is 10.1. The number of pyridine rings is 1. The molecular formula is C12H19N3S. The topological polar surface area (TPSA) is 42.1 Å². The van der Waals surface area contributed by atoms with E-state index in [9.17, 15) is 0 Å². The number of anilines is 1. The molecule has 0 aliphatic carbocycles. The highest BCUT2D eigenvalue weighted by molar-refractivity contribution is 7.80. The highest BCUT2D eigenvalue weighted by Gasteiger charge is 2.02. The van der Waals surface area contributed by atoms with E-state index in [2.05, 4.69) is 23.9 Å². The number of nitrogens with two attached hydrogens (primary N) is 1. The second kappa shape index (κ2) is 6.43. The summed E-state index contributed by atoms with van der Waals surface area (Å²) in [5.41, 5.74) is 6.34. The van der Waals surface area contributed by atoms with Crippen molar-refractivity contribution < 1.29 is 0 Å². The van der Waals surface area contributed by atoms with E-state index in [-0.39, 0.29) is 0 Å². The van der Waals surface area contributed by atoms with Gasteiger partial charge in [0.25, 0.3) is 0 Å². The molecule has 0 atom stereocenters. The zero-order valence-corrected chi connectivity index (χ0v) is 10.8. The predicted molar refractivity (Wildman–Crippen MR) is 72.9 cm³/mol. The second-order valence-corrected chi connectivity index (χ2v) is 4.34. The summed E-state index contributed by atoms with van der Waals surface area (Å²) in [4.78, 5) is 6.88. The van der Waals surface area contributed by atoms with Crippen LogP contribution < -0.4 is 10.6 Å². The van der Waals surface area contributed by atoms with Gasteiger partial charge in [0.05, 0.1) is 0 Å². The summed E-state index contributed by atoms with van der Waals surface area (Å²) in [7, 11) is 2.05. The molecular weight excluding hydrogens is 218 g/mol. The van der Waals surface area contributed by atoms with Gasteiger partial charge in [0.2, 0.25) is 0 Å². The SMILES string of the molecule is CCCCCN(C)c1ccc(C(N)=S)cn1. The van der Waals surface area contributed by atoms with Crippen molar-refractivity contribution in [3.63, 3.8) is 0 Å². The van der Waals surface area contributed by atoms with Crippen LogP contribution in [0, 0.1) is 0 Å². The summed E-state index contributed by atoms with van der Waals surface area (Å²) in [6, 6.07) is 3.88. The number of rotatable bonds is 6. The molecule has 0 saturated carbocycles. The second-order valence-electron chi connectivity index (χ2n) is 3.90. The van der Waals surface area contributed by atoms with Crippen LogP contribution in [0.25, 0.3) is 0 Å². The van der Waals surface area contributed by atoms with Gasteiger partial charge in [-0.15, -0.1) is 0 Å². The van der Waals surface area contributed by atoms with Crippen molar-refractivity contribution in [3.05, 3.63) is 23.9 Å². The third kappa shape index (κ3) is 3.77. The first-order chi connectivity index (χ1) is 7.65. The molecule has 0 fully saturated rings. The van der Waals surface area contributed by atoms with Crippen LogP contribution in [0.4, 0.5) is 5.82 Å².